The van der Waals surface area contributed by atoms with Crippen LogP contribution in [0.1, 0.15) is 88.9 Å². The number of rotatable bonds is 9. The third-order valence-electron chi connectivity index (χ3n) is 12.1. The maximum atomic E-state index is 14.5. The molecule has 4 aliphatic rings. The minimum Gasteiger partial charge on any atom is -0.462 e. The van der Waals surface area contributed by atoms with E-state index in [0.717, 1.165) is 6.92 Å². The molecule has 3 fully saturated rings. The van der Waals surface area contributed by atoms with Gasteiger partial charge in [-0.1, -0.05) is 43.3 Å². The molecular formula is C42H48O14. The van der Waals surface area contributed by atoms with E-state index in [4.69, 9.17) is 33.2 Å². The van der Waals surface area contributed by atoms with Crippen molar-refractivity contribution >= 4 is 35.8 Å². The molecule has 0 spiro atoms. The van der Waals surface area contributed by atoms with Crippen LogP contribution >= 0.6 is 0 Å². The Labute approximate surface area is 324 Å². The molecular weight excluding hydrogens is 728 g/mol. The van der Waals surface area contributed by atoms with Crippen LogP contribution in [0.2, 0.25) is 0 Å². The first kappa shape index (κ1) is 40.6. The van der Waals surface area contributed by atoms with Crippen LogP contribution < -0.4 is 0 Å². The lowest BCUT2D eigenvalue weighted by molar-refractivity contribution is -0.351. The third-order valence-corrected chi connectivity index (χ3v) is 12.1. The zero-order chi connectivity index (χ0) is 41.0. The topological polar surface area (TPSA) is 187 Å². The molecule has 0 radical (unpaired) electrons. The van der Waals surface area contributed by atoms with Gasteiger partial charge in [-0.3, -0.25) is 19.2 Å². The highest BCUT2D eigenvalue weighted by molar-refractivity contribution is 5.90. The lowest BCUT2D eigenvalue weighted by Gasteiger charge is -2.65. The molecule has 1 saturated heterocycles. The lowest BCUT2D eigenvalue weighted by atomic mass is 9.49. The highest BCUT2D eigenvalue weighted by Crippen LogP contribution is 2.69. The molecule has 1 aliphatic heterocycles. The van der Waals surface area contributed by atoms with Crippen molar-refractivity contribution in [3.05, 3.63) is 82.9 Å². The SMILES string of the molecule is CC(=O)O[C@H]1C[C@]2(C(C)(C)O)C(=C1C)[C@@H](OC(C)=O)[C@H](OC(=O)c1ccccc1)[C@]1(C)[C@H](OC(C)=O)C[C@H]3OC[C@@]3(OC(C)=O)[C@@H]1[C@H]2OC(=O)c1ccccc1. The maximum absolute atomic E-state index is 14.5. The van der Waals surface area contributed by atoms with Gasteiger partial charge in [-0.2, -0.15) is 0 Å². The van der Waals surface area contributed by atoms with E-state index in [-0.39, 0.29) is 36.1 Å². The van der Waals surface area contributed by atoms with Crippen molar-refractivity contribution < 1.29 is 67.0 Å². The number of carbonyl (C=O) groups is 6. The fraction of sp³-hybridized carbons (Fsp3) is 0.524. The molecule has 0 aromatic heterocycles. The van der Waals surface area contributed by atoms with Crippen LogP contribution in [0.25, 0.3) is 0 Å². The van der Waals surface area contributed by atoms with Crippen molar-refractivity contribution in [3.8, 4) is 0 Å². The average molecular weight is 777 g/mol. The smallest absolute Gasteiger partial charge is 0.338 e. The van der Waals surface area contributed by atoms with Gasteiger partial charge >= 0.3 is 35.8 Å². The van der Waals surface area contributed by atoms with Gasteiger partial charge in [-0.15, -0.1) is 0 Å². The molecule has 14 heteroatoms. The standard InChI is InChI=1S/C42H48O14/c1-22-29(51-23(2)43)20-41(39(6,7)49)32(22)33(53-25(4)45)35(54-37(47)27-15-11-9-12-16-27)40(8)30(52-24(3)44)19-31-42(21-50-31,56-26(5)46)34(40)36(41)55-38(48)28-17-13-10-14-18-28/h9-18,29-31,33-36,49H,19-21H2,1-8H3/t29-,30+,31+,33+,34+,35-,36+,40+,41-,42-/m0/s1. The first-order valence-electron chi connectivity index (χ1n) is 18.6. The molecule has 2 saturated carbocycles. The first-order chi connectivity index (χ1) is 26.3. The Kier molecular flexibility index (Phi) is 10.7. The number of carbonyl (C=O) groups excluding carboxylic acids is 6. The molecule has 2 aromatic rings. The van der Waals surface area contributed by atoms with Gasteiger partial charge in [0.1, 0.15) is 24.4 Å². The highest BCUT2D eigenvalue weighted by atomic mass is 16.6. The third kappa shape index (κ3) is 6.66. The van der Waals surface area contributed by atoms with Crippen molar-refractivity contribution in [2.24, 2.45) is 16.7 Å². The summed E-state index contributed by atoms with van der Waals surface area (Å²) in [4.78, 5) is 81.1. The van der Waals surface area contributed by atoms with E-state index >= 15 is 0 Å². The van der Waals surface area contributed by atoms with Gasteiger partial charge in [0.15, 0.2) is 17.8 Å². The number of fused-ring (bicyclic) bond motifs is 4. The lowest BCUT2D eigenvalue weighted by Crippen LogP contribution is -2.79. The average Bonchev–Trinajstić information content (AvgIpc) is 3.37. The Morgan fingerprint density at radius 3 is 1.70 bits per heavy atom. The quantitative estimate of drug-likeness (QED) is 0.214. The number of aliphatic hydroxyl groups is 1. The van der Waals surface area contributed by atoms with E-state index < -0.39 is 100 Å². The van der Waals surface area contributed by atoms with Gasteiger partial charge in [-0.05, 0) is 56.2 Å². The Hall–Kier alpha value is -5.08. The summed E-state index contributed by atoms with van der Waals surface area (Å²) < 4.78 is 43.8. The Morgan fingerprint density at radius 1 is 0.732 bits per heavy atom. The van der Waals surface area contributed by atoms with Gasteiger partial charge < -0.3 is 38.3 Å². The molecule has 6 rings (SSSR count). The zero-order valence-electron chi connectivity index (χ0n) is 32.7. The summed E-state index contributed by atoms with van der Waals surface area (Å²) in [6, 6.07) is 16.1. The second-order valence-corrected chi connectivity index (χ2v) is 15.9. The minimum absolute atomic E-state index is 0.0744. The number of hydrogen-bond acceptors (Lipinski definition) is 14. The Bertz CT molecular complexity index is 1930. The molecule has 0 amide bonds. The molecule has 1 N–H and O–H groups in total. The summed E-state index contributed by atoms with van der Waals surface area (Å²) in [5, 5.41) is 12.7. The summed E-state index contributed by atoms with van der Waals surface area (Å²) in [6.45, 7) is 10.8. The van der Waals surface area contributed by atoms with Crippen LogP contribution in [0.3, 0.4) is 0 Å². The Balaban J connectivity index is 1.77. The maximum Gasteiger partial charge on any atom is 0.338 e. The van der Waals surface area contributed by atoms with Gasteiger partial charge in [0.2, 0.25) is 0 Å². The van der Waals surface area contributed by atoms with Crippen LogP contribution in [-0.2, 0) is 52.3 Å². The van der Waals surface area contributed by atoms with Crippen molar-refractivity contribution in [1.29, 1.82) is 0 Å². The molecule has 14 nitrogen and oxygen atoms in total. The van der Waals surface area contributed by atoms with E-state index in [0.29, 0.717) is 5.57 Å². The molecule has 2 aromatic carbocycles. The second kappa shape index (κ2) is 14.8. The zero-order valence-corrected chi connectivity index (χ0v) is 32.7. The van der Waals surface area contributed by atoms with E-state index in [1.54, 1.807) is 62.4 Å². The van der Waals surface area contributed by atoms with E-state index in [2.05, 4.69) is 0 Å². The van der Waals surface area contributed by atoms with Crippen molar-refractivity contribution in [3.63, 3.8) is 0 Å². The largest absolute Gasteiger partial charge is 0.462 e. The summed E-state index contributed by atoms with van der Waals surface area (Å²) in [6.07, 6.45) is -8.25. The van der Waals surface area contributed by atoms with Crippen molar-refractivity contribution in [2.75, 3.05) is 6.61 Å². The molecule has 1 heterocycles. The fourth-order valence-corrected chi connectivity index (χ4v) is 9.86. The van der Waals surface area contributed by atoms with E-state index in [1.807, 2.05) is 0 Å². The summed E-state index contributed by atoms with van der Waals surface area (Å²) in [5.41, 5.74) is -6.40. The monoisotopic (exact) mass is 776 g/mol. The van der Waals surface area contributed by atoms with Crippen molar-refractivity contribution in [1.82, 2.24) is 0 Å². The highest BCUT2D eigenvalue weighted by Gasteiger charge is 2.81. The molecule has 0 unspecified atom stereocenters. The van der Waals surface area contributed by atoms with Gasteiger partial charge in [0.05, 0.1) is 40.1 Å². The van der Waals surface area contributed by atoms with Crippen molar-refractivity contribution in [2.45, 2.75) is 116 Å². The van der Waals surface area contributed by atoms with Gasteiger partial charge in [0, 0.05) is 40.5 Å². The number of ether oxygens (including phenoxy) is 7. The molecule has 0 bridgehead atoms. The predicted octanol–water partition coefficient (Wildman–Crippen LogP) is 4.45. The molecule has 10 atom stereocenters. The first-order valence-corrected chi connectivity index (χ1v) is 18.6. The summed E-state index contributed by atoms with van der Waals surface area (Å²) >= 11 is 0. The number of hydrogen-bond donors (Lipinski definition) is 1. The van der Waals surface area contributed by atoms with E-state index in [1.165, 1.54) is 46.8 Å². The van der Waals surface area contributed by atoms with Crippen LogP contribution in [0.15, 0.2) is 71.8 Å². The summed E-state index contributed by atoms with van der Waals surface area (Å²) in [5.74, 6) is -5.90. The molecule has 56 heavy (non-hydrogen) atoms. The predicted molar refractivity (Wildman–Crippen MR) is 194 cm³/mol. The Morgan fingerprint density at radius 2 is 1.25 bits per heavy atom. The van der Waals surface area contributed by atoms with Gasteiger partial charge in [-0.25, -0.2) is 9.59 Å². The van der Waals surface area contributed by atoms with Crippen LogP contribution in [0.5, 0.6) is 0 Å². The number of benzene rings is 2. The van der Waals surface area contributed by atoms with Gasteiger partial charge in [0.25, 0.3) is 0 Å². The van der Waals surface area contributed by atoms with Crippen LogP contribution in [-0.4, -0.2) is 95.4 Å². The van der Waals surface area contributed by atoms with Crippen LogP contribution in [0.4, 0.5) is 0 Å². The number of esters is 6. The van der Waals surface area contributed by atoms with Crippen LogP contribution in [0, 0.1) is 16.7 Å². The normalized spacial score (nSPS) is 33.2. The fourth-order valence-electron chi connectivity index (χ4n) is 9.86. The minimum atomic E-state index is -1.93. The molecule has 300 valence electrons. The van der Waals surface area contributed by atoms with E-state index in [9.17, 15) is 33.9 Å². The second-order valence-electron chi connectivity index (χ2n) is 15.9. The molecule has 3 aliphatic carbocycles. The summed E-state index contributed by atoms with van der Waals surface area (Å²) in [7, 11) is 0.